The maximum atomic E-state index is 11.7. The maximum Gasteiger partial charge on any atom is 0.500 e. The van der Waals surface area contributed by atoms with Crippen LogP contribution in [0.4, 0.5) is 0 Å². The van der Waals surface area contributed by atoms with Gasteiger partial charge in [-0.05, 0) is 6.42 Å². The molecular formula is C14H24O7Si. The third-order valence-corrected chi connectivity index (χ3v) is 5.81. The number of hydrogen-bond donors (Lipinski definition) is 0. The summed E-state index contributed by atoms with van der Waals surface area (Å²) < 4.78 is 25.3. The molecule has 126 valence electrons. The summed E-state index contributed by atoms with van der Waals surface area (Å²) in [6, 6.07) is 0.519. The molecule has 0 spiro atoms. The van der Waals surface area contributed by atoms with E-state index in [-0.39, 0.29) is 24.2 Å². The smallest absolute Gasteiger partial charge is 0.466 e. The Bertz CT molecular complexity index is 407. The van der Waals surface area contributed by atoms with Crippen molar-refractivity contribution in [1.29, 1.82) is 0 Å². The Morgan fingerprint density at radius 3 is 1.86 bits per heavy atom. The van der Waals surface area contributed by atoms with Crippen molar-refractivity contribution < 1.29 is 32.3 Å². The van der Waals surface area contributed by atoms with Crippen LogP contribution in [0.3, 0.4) is 0 Å². The van der Waals surface area contributed by atoms with Gasteiger partial charge in [0.25, 0.3) is 0 Å². The number of esters is 2. The molecule has 8 heteroatoms. The van der Waals surface area contributed by atoms with Crippen LogP contribution in [-0.4, -0.2) is 55.8 Å². The van der Waals surface area contributed by atoms with Crippen LogP contribution in [0.5, 0.6) is 0 Å². The average molecular weight is 332 g/mol. The number of carbonyl (C=O) groups excluding carboxylic acids is 2. The largest absolute Gasteiger partial charge is 0.500 e. The number of carbonyl (C=O) groups is 2. The first-order valence-electron chi connectivity index (χ1n) is 6.62. The van der Waals surface area contributed by atoms with Gasteiger partial charge in [-0.3, -0.25) is 0 Å². The summed E-state index contributed by atoms with van der Waals surface area (Å²) in [6.07, 6.45) is 0.539. The van der Waals surface area contributed by atoms with Gasteiger partial charge in [0.15, 0.2) is 0 Å². The van der Waals surface area contributed by atoms with Gasteiger partial charge < -0.3 is 22.8 Å². The number of methoxy groups -OCH3 is 1. The SMILES string of the molecule is C=C(CC(=C)C(=O)OCCC[Si](OC)(OC)OC)C(=O)OC. The van der Waals surface area contributed by atoms with Crippen LogP contribution >= 0.6 is 0 Å². The minimum Gasteiger partial charge on any atom is -0.466 e. The van der Waals surface area contributed by atoms with E-state index in [1.807, 2.05) is 0 Å². The molecule has 0 fully saturated rings. The number of hydrogen-bond acceptors (Lipinski definition) is 7. The van der Waals surface area contributed by atoms with E-state index in [4.69, 9.17) is 18.0 Å². The van der Waals surface area contributed by atoms with Crippen molar-refractivity contribution in [3.05, 3.63) is 24.3 Å². The minimum absolute atomic E-state index is 0.0123. The Hall–Kier alpha value is -1.48. The van der Waals surface area contributed by atoms with Crippen molar-refractivity contribution in [2.45, 2.75) is 18.9 Å². The highest BCUT2D eigenvalue weighted by atomic mass is 28.4. The van der Waals surface area contributed by atoms with Gasteiger partial charge in [0, 0.05) is 44.9 Å². The molecule has 0 aromatic carbocycles. The van der Waals surface area contributed by atoms with Crippen molar-refractivity contribution in [3.63, 3.8) is 0 Å². The van der Waals surface area contributed by atoms with E-state index in [0.29, 0.717) is 12.5 Å². The van der Waals surface area contributed by atoms with Crippen LogP contribution in [0.1, 0.15) is 12.8 Å². The maximum absolute atomic E-state index is 11.7. The summed E-state index contributed by atoms with van der Waals surface area (Å²) in [5.41, 5.74) is 0.290. The van der Waals surface area contributed by atoms with Crippen LogP contribution in [0.2, 0.25) is 6.04 Å². The van der Waals surface area contributed by atoms with Gasteiger partial charge in [0.05, 0.1) is 13.7 Å². The van der Waals surface area contributed by atoms with Crippen molar-refractivity contribution in [2.24, 2.45) is 0 Å². The molecule has 0 aromatic rings. The molecule has 7 nitrogen and oxygen atoms in total. The lowest BCUT2D eigenvalue weighted by Crippen LogP contribution is -2.42. The molecule has 0 N–H and O–H groups in total. The molecule has 0 unspecified atom stereocenters. The van der Waals surface area contributed by atoms with Crippen LogP contribution in [-0.2, 0) is 32.3 Å². The predicted molar refractivity (Wildman–Crippen MR) is 82.1 cm³/mol. The monoisotopic (exact) mass is 332 g/mol. The summed E-state index contributed by atoms with van der Waals surface area (Å²) in [5.74, 6) is -1.16. The second kappa shape index (κ2) is 10.3. The van der Waals surface area contributed by atoms with E-state index < -0.39 is 20.7 Å². The predicted octanol–water partition coefficient (Wildman–Crippen LogP) is 1.47. The molecule has 0 aliphatic rings. The molecule has 0 aliphatic heterocycles. The Labute approximate surface area is 132 Å². The third kappa shape index (κ3) is 6.52. The standard InChI is InChI=1S/C14H24O7Si/c1-11(13(15)17-3)10-12(2)14(16)21-8-7-9-22(18-4,19-5)20-6/h1-2,7-10H2,3-6H3. The van der Waals surface area contributed by atoms with E-state index in [0.717, 1.165) is 0 Å². The molecule has 0 radical (unpaired) electrons. The first-order chi connectivity index (χ1) is 10.4. The van der Waals surface area contributed by atoms with E-state index >= 15 is 0 Å². The van der Waals surface area contributed by atoms with Gasteiger partial charge in [-0.2, -0.15) is 0 Å². The highest BCUT2D eigenvalue weighted by molar-refractivity contribution is 6.60. The van der Waals surface area contributed by atoms with Crippen molar-refractivity contribution >= 4 is 20.7 Å². The van der Waals surface area contributed by atoms with Gasteiger partial charge in [-0.1, -0.05) is 13.2 Å². The summed E-state index contributed by atoms with van der Waals surface area (Å²) in [4.78, 5) is 22.9. The zero-order chi connectivity index (χ0) is 17.2. The fourth-order valence-electron chi connectivity index (χ4n) is 1.66. The zero-order valence-corrected chi connectivity index (χ0v) is 14.6. The van der Waals surface area contributed by atoms with Gasteiger partial charge in [0.1, 0.15) is 0 Å². The molecule has 0 aliphatic carbocycles. The Morgan fingerprint density at radius 1 is 0.909 bits per heavy atom. The average Bonchev–Trinajstić information content (AvgIpc) is 2.54. The normalized spacial score (nSPS) is 10.9. The summed E-state index contributed by atoms with van der Waals surface area (Å²) in [7, 11) is 3.15. The van der Waals surface area contributed by atoms with Crippen molar-refractivity contribution in [3.8, 4) is 0 Å². The van der Waals surface area contributed by atoms with Gasteiger partial charge in [-0.25, -0.2) is 9.59 Å². The number of ether oxygens (including phenoxy) is 2. The molecule has 0 saturated carbocycles. The van der Waals surface area contributed by atoms with Crippen molar-refractivity contribution in [1.82, 2.24) is 0 Å². The molecular weight excluding hydrogens is 308 g/mol. The first-order valence-corrected chi connectivity index (χ1v) is 8.55. The van der Waals surface area contributed by atoms with Gasteiger partial charge >= 0.3 is 20.7 Å². The second-order valence-electron chi connectivity index (χ2n) is 4.41. The highest BCUT2D eigenvalue weighted by Crippen LogP contribution is 2.16. The fourth-order valence-corrected chi connectivity index (χ4v) is 3.35. The van der Waals surface area contributed by atoms with Crippen LogP contribution in [0.25, 0.3) is 0 Å². The summed E-state index contributed by atoms with van der Waals surface area (Å²) >= 11 is 0. The topological polar surface area (TPSA) is 80.3 Å². The molecule has 22 heavy (non-hydrogen) atoms. The zero-order valence-electron chi connectivity index (χ0n) is 13.6. The van der Waals surface area contributed by atoms with Crippen LogP contribution in [0, 0.1) is 0 Å². The second-order valence-corrected chi connectivity index (χ2v) is 7.50. The number of rotatable bonds is 11. The lowest BCUT2D eigenvalue weighted by Gasteiger charge is -2.24. The first kappa shape index (κ1) is 20.5. The lowest BCUT2D eigenvalue weighted by molar-refractivity contribution is -0.139. The van der Waals surface area contributed by atoms with E-state index in [2.05, 4.69) is 17.9 Å². The quantitative estimate of drug-likeness (QED) is 0.245. The molecule has 0 aromatic heterocycles. The molecule has 0 heterocycles. The van der Waals surface area contributed by atoms with E-state index in [9.17, 15) is 9.59 Å². The van der Waals surface area contributed by atoms with E-state index in [1.54, 1.807) is 0 Å². The Kier molecular flexibility index (Phi) is 9.58. The molecule has 0 bridgehead atoms. The lowest BCUT2D eigenvalue weighted by atomic mass is 10.1. The fraction of sp³-hybridized carbons (Fsp3) is 0.571. The Morgan fingerprint density at radius 2 is 1.41 bits per heavy atom. The molecule has 0 atom stereocenters. The molecule has 0 saturated heterocycles. The highest BCUT2D eigenvalue weighted by Gasteiger charge is 2.37. The molecule has 0 rings (SSSR count). The molecule has 0 amide bonds. The van der Waals surface area contributed by atoms with Crippen LogP contribution < -0.4 is 0 Å². The Balaban J connectivity index is 4.16. The summed E-state index contributed by atoms with van der Waals surface area (Å²) in [5, 5.41) is 0. The minimum atomic E-state index is -2.65. The van der Waals surface area contributed by atoms with E-state index in [1.165, 1.54) is 28.4 Å². The van der Waals surface area contributed by atoms with Gasteiger partial charge in [-0.15, -0.1) is 0 Å². The van der Waals surface area contributed by atoms with Gasteiger partial charge in [0.2, 0.25) is 0 Å². The van der Waals surface area contributed by atoms with Crippen LogP contribution in [0.15, 0.2) is 24.3 Å². The summed E-state index contributed by atoms with van der Waals surface area (Å²) in [6.45, 7) is 7.28. The third-order valence-electron chi connectivity index (χ3n) is 2.98. The van der Waals surface area contributed by atoms with Crippen molar-refractivity contribution in [2.75, 3.05) is 35.0 Å².